The van der Waals surface area contributed by atoms with Gasteiger partial charge in [0.05, 0.1) is 7.11 Å². The van der Waals surface area contributed by atoms with E-state index in [1.165, 1.54) is 37.7 Å². The molecule has 1 aliphatic carbocycles. The zero-order valence-corrected chi connectivity index (χ0v) is 16.9. The molecule has 2 aromatic rings. The first kappa shape index (κ1) is 21.1. The molecule has 0 amide bonds. The Hall–Kier alpha value is -2.66. The highest BCUT2D eigenvalue weighted by molar-refractivity contribution is 5.98. The smallest absolute Gasteiger partial charge is 0.321 e. The largest absolute Gasteiger partial charge is 0.497 e. The highest BCUT2D eigenvalue weighted by atomic mass is 16.5. The van der Waals surface area contributed by atoms with Crippen LogP contribution in [0.2, 0.25) is 0 Å². The van der Waals surface area contributed by atoms with Crippen LogP contribution in [-0.4, -0.2) is 30.0 Å². The van der Waals surface area contributed by atoms with Crippen molar-refractivity contribution in [1.82, 2.24) is 5.32 Å². The summed E-state index contributed by atoms with van der Waals surface area (Å²) >= 11 is 0. The molecule has 5 heteroatoms. The van der Waals surface area contributed by atoms with Gasteiger partial charge in [0.2, 0.25) is 0 Å². The van der Waals surface area contributed by atoms with Crippen LogP contribution < -0.4 is 10.1 Å². The van der Waals surface area contributed by atoms with Crippen molar-refractivity contribution in [2.75, 3.05) is 7.11 Å². The molecule has 0 spiro atoms. The number of ether oxygens (including phenoxy) is 1. The van der Waals surface area contributed by atoms with Crippen molar-refractivity contribution >= 4 is 11.8 Å². The number of carboxylic acids is 1. The van der Waals surface area contributed by atoms with Crippen LogP contribution >= 0.6 is 0 Å². The number of hydrogen-bond donors (Lipinski definition) is 2. The summed E-state index contributed by atoms with van der Waals surface area (Å²) in [5.74, 6) is 0.154. The van der Waals surface area contributed by atoms with Gasteiger partial charge in [-0.05, 0) is 42.0 Å². The van der Waals surface area contributed by atoms with Gasteiger partial charge in [-0.3, -0.25) is 14.9 Å². The summed E-state index contributed by atoms with van der Waals surface area (Å²) in [4.78, 5) is 24.2. The average molecular weight is 395 g/mol. The van der Waals surface area contributed by atoms with Crippen LogP contribution in [0.4, 0.5) is 0 Å². The topological polar surface area (TPSA) is 75.6 Å². The molecular weight excluding hydrogens is 366 g/mol. The van der Waals surface area contributed by atoms with Crippen LogP contribution in [0.1, 0.15) is 65.9 Å². The molecule has 29 heavy (non-hydrogen) atoms. The molecular formula is C24H29NO4. The van der Waals surface area contributed by atoms with Crippen molar-refractivity contribution in [3.8, 4) is 5.75 Å². The zero-order valence-electron chi connectivity index (χ0n) is 16.9. The van der Waals surface area contributed by atoms with E-state index in [1.54, 1.807) is 7.11 Å². The Morgan fingerprint density at radius 3 is 2.28 bits per heavy atom. The van der Waals surface area contributed by atoms with E-state index < -0.39 is 12.0 Å². The van der Waals surface area contributed by atoms with Gasteiger partial charge in [-0.25, -0.2) is 0 Å². The number of aliphatic carboxylic acids is 1. The normalized spacial score (nSPS) is 15.6. The predicted octanol–water partition coefficient (Wildman–Crippen LogP) is 4.56. The van der Waals surface area contributed by atoms with E-state index in [-0.39, 0.29) is 12.2 Å². The fraction of sp³-hybridized carbons (Fsp3) is 0.417. The van der Waals surface area contributed by atoms with Crippen LogP contribution in [0.5, 0.6) is 5.75 Å². The maximum absolute atomic E-state index is 12.6. The number of carbonyl (C=O) groups is 2. The van der Waals surface area contributed by atoms with Crippen molar-refractivity contribution in [2.24, 2.45) is 0 Å². The SMILES string of the molecule is COc1ccc(CN[C@H](CC(=O)c2ccc(C3CCCCC3)cc2)C(=O)O)cc1. The third-order valence-electron chi connectivity index (χ3n) is 5.71. The van der Waals surface area contributed by atoms with Gasteiger partial charge in [-0.1, -0.05) is 55.7 Å². The van der Waals surface area contributed by atoms with Crippen molar-refractivity contribution in [1.29, 1.82) is 0 Å². The number of benzene rings is 2. The molecule has 0 heterocycles. The van der Waals surface area contributed by atoms with E-state index in [2.05, 4.69) is 5.32 Å². The Morgan fingerprint density at radius 2 is 1.69 bits per heavy atom. The van der Waals surface area contributed by atoms with E-state index in [9.17, 15) is 14.7 Å². The molecule has 0 aromatic heterocycles. The third kappa shape index (κ3) is 5.91. The molecule has 1 aliphatic rings. The van der Waals surface area contributed by atoms with Crippen molar-refractivity contribution < 1.29 is 19.4 Å². The summed E-state index contributed by atoms with van der Waals surface area (Å²) in [6.45, 7) is 0.370. The Labute approximate surface area is 172 Å². The average Bonchev–Trinajstić information content (AvgIpc) is 2.77. The quantitative estimate of drug-likeness (QED) is 0.609. The van der Waals surface area contributed by atoms with E-state index in [0.717, 1.165) is 11.3 Å². The summed E-state index contributed by atoms with van der Waals surface area (Å²) in [6, 6.07) is 14.2. The van der Waals surface area contributed by atoms with Gasteiger partial charge >= 0.3 is 5.97 Å². The second kappa shape index (κ2) is 10.2. The molecule has 5 nitrogen and oxygen atoms in total. The minimum absolute atomic E-state index is 0.0751. The molecule has 2 aromatic carbocycles. The second-order valence-corrected chi connectivity index (χ2v) is 7.70. The van der Waals surface area contributed by atoms with Gasteiger partial charge in [0, 0.05) is 18.5 Å². The minimum Gasteiger partial charge on any atom is -0.497 e. The number of carboxylic acid groups (broad SMARTS) is 1. The van der Waals surface area contributed by atoms with E-state index >= 15 is 0 Å². The molecule has 0 saturated heterocycles. The van der Waals surface area contributed by atoms with Gasteiger partial charge < -0.3 is 9.84 Å². The van der Waals surface area contributed by atoms with Crippen molar-refractivity contribution in [3.05, 3.63) is 65.2 Å². The summed E-state index contributed by atoms with van der Waals surface area (Å²) in [5.41, 5.74) is 2.79. The van der Waals surface area contributed by atoms with Gasteiger partial charge in [0.15, 0.2) is 5.78 Å². The second-order valence-electron chi connectivity index (χ2n) is 7.70. The lowest BCUT2D eigenvalue weighted by atomic mass is 9.84. The highest BCUT2D eigenvalue weighted by Crippen LogP contribution is 2.32. The number of ketones is 1. The lowest BCUT2D eigenvalue weighted by Gasteiger charge is -2.22. The summed E-state index contributed by atoms with van der Waals surface area (Å²) in [7, 11) is 1.60. The Balaban J connectivity index is 1.57. The number of hydrogen-bond acceptors (Lipinski definition) is 4. The summed E-state index contributed by atoms with van der Waals surface area (Å²) < 4.78 is 5.12. The van der Waals surface area contributed by atoms with Gasteiger partial charge in [-0.2, -0.15) is 0 Å². The molecule has 154 valence electrons. The predicted molar refractivity (Wildman–Crippen MR) is 112 cm³/mol. The standard InChI is InChI=1S/C24H29NO4/c1-29-21-13-7-17(8-14-21)16-25-22(24(27)28)15-23(26)20-11-9-19(10-12-20)18-5-3-2-4-6-18/h7-14,18,22,25H,2-6,15-16H2,1H3,(H,27,28)/t22-/m1/s1. The number of rotatable bonds is 9. The molecule has 1 saturated carbocycles. The van der Waals surface area contributed by atoms with Crippen molar-refractivity contribution in [2.45, 2.75) is 57.0 Å². The Bertz CT molecular complexity index is 808. The molecule has 1 atom stereocenters. The van der Waals surface area contributed by atoms with E-state index in [0.29, 0.717) is 18.0 Å². The molecule has 0 aliphatic heterocycles. The fourth-order valence-electron chi connectivity index (χ4n) is 3.91. The number of nitrogens with one attached hydrogen (secondary N) is 1. The lowest BCUT2D eigenvalue weighted by molar-refractivity contribution is -0.139. The Morgan fingerprint density at radius 1 is 1.03 bits per heavy atom. The molecule has 0 unspecified atom stereocenters. The van der Waals surface area contributed by atoms with Gasteiger partial charge in [0.25, 0.3) is 0 Å². The monoisotopic (exact) mass is 395 g/mol. The van der Waals surface area contributed by atoms with Gasteiger partial charge in [0.1, 0.15) is 11.8 Å². The summed E-state index contributed by atoms with van der Waals surface area (Å²) in [5, 5.41) is 12.5. The lowest BCUT2D eigenvalue weighted by Crippen LogP contribution is -2.38. The zero-order chi connectivity index (χ0) is 20.6. The first-order valence-corrected chi connectivity index (χ1v) is 10.3. The number of Topliss-reactive ketones (excluding diaryl/α,β-unsaturated/α-hetero) is 1. The molecule has 1 fully saturated rings. The molecule has 0 bridgehead atoms. The van der Waals surface area contributed by atoms with Crippen LogP contribution in [0.25, 0.3) is 0 Å². The minimum atomic E-state index is -1.02. The van der Waals surface area contributed by atoms with E-state index in [4.69, 9.17) is 4.74 Å². The van der Waals surface area contributed by atoms with Crippen LogP contribution in [0.3, 0.4) is 0 Å². The van der Waals surface area contributed by atoms with Crippen molar-refractivity contribution in [3.63, 3.8) is 0 Å². The molecule has 2 N–H and O–H groups in total. The third-order valence-corrected chi connectivity index (χ3v) is 5.71. The van der Waals surface area contributed by atoms with Crippen LogP contribution in [-0.2, 0) is 11.3 Å². The van der Waals surface area contributed by atoms with E-state index in [1.807, 2.05) is 48.5 Å². The fourth-order valence-corrected chi connectivity index (χ4v) is 3.91. The highest BCUT2D eigenvalue weighted by Gasteiger charge is 2.22. The Kier molecular flexibility index (Phi) is 7.42. The maximum atomic E-state index is 12.6. The molecule has 3 rings (SSSR count). The van der Waals surface area contributed by atoms with Crippen LogP contribution in [0, 0.1) is 0 Å². The number of methoxy groups -OCH3 is 1. The first-order valence-electron chi connectivity index (χ1n) is 10.3. The maximum Gasteiger partial charge on any atom is 0.321 e. The van der Waals surface area contributed by atoms with Gasteiger partial charge in [-0.15, -0.1) is 0 Å². The first-order chi connectivity index (χ1) is 14.1. The summed E-state index contributed by atoms with van der Waals surface area (Å²) in [6.07, 6.45) is 6.20. The van der Waals surface area contributed by atoms with Crippen LogP contribution in [0.15, 0.2) is 48.5 Å². The molecule has 0 radical (unpaired) electrons. The number of carbonyl (C=O) groups excluding carboxylic acids is 1.